The molecule has 2 rings (SSSR count). The van der Waals surface area contributed by atoms with Gasteiger partial charge in [0.15, 0.2) is 0 Å². The van der Waals surface area contributed by atoms with Gasteiger partial charge in [0.2, 0.25) is 5.91 Å². The van der Waals surface area contributed by atoms with E-state index in [2.05, 4.69) is 57.5 Å². The van der Waals surface area contributed by atoms with Gasteiger partial charge in [-0.1, -0.05) is 28.1 Å². The third kappa shape index (κ3) is 6.65. The maximum absolute atomic E-state index is 12.1. The zero-order chi connectivity index (χ0) is 15.1. The van der Waals surface area contributed by atoms with E-state index < -0.39 is 0 Å². The number of nitrogens with zero attached hydrogens (tertiary/aromatic N) is 2. The fourth-order valence-corrected chi connectivity index (χ4v) is 2.71. The summed E-state index contributed by atoms with van der Waals surface area (Å²) in [6.45, 7) is 5.36. The molecule has 0 unspecified atom stereocenters. The van der Waals surface area contributed by atoms with Gasteiger partial charge < -0.3 is 15.1 Å². The number of likely N-dealkylation sites (N-methyl/N-ethyl adjacent to an activating group) is 1. The van der Waals surface area contributed by atoms with Gasteiger partial charge in [0.25, 0.3) is 0 Å². The minimum Gasteiger partial charge on any atom is -0.340 e. The lowest BCUT2D eigenvalue weighted by atomic mass is 10.1. The van der Waals surface area contributed by atoms with Crippen LogP contribution in [0.3, 0.4) is 0 Å². The average molecular weight is 391 g/mol. The highest BCUT2D eigenvalue weighted by atomic mass is 79.9. The molecule has 1 aliphatic heterocycles. The van der Waals surface area contributed by atoms with Crippen LogP contribution in [0.15, 0.2) is 28.7 Å². The number of hydrogen-bond donors (Lipinski definition) is 1. The molecule has 1 aromatic rings. The Labute approximate surface area is 147 Å². The summed E-state index contributed by atoms with van der Waals surface area (Å²) in [6.07, 6.45) is 1.64. The summed E-state index contributed by atoms with van der Waals surface area (Å²) >= 11 is 3.45. The average Bonchev–Trinajstić information content (AvgIpc) is 2.53. The summed E-state index contributed by atoms with van der Waals surface area (Å²) in [4.78, 5) is 16.3. The number of benzene rings is 1. The van der Waals surface area contributed by atoms with Crippen molar-refractivity contribution in [3.8, 4) is 0 Å². The van der Waals surface area contributed by atoms with Gasteiger partial charge in [-0.2, -0.15) is 0 Å². The van der Waals surface area contributed by atoms with Crippen LogP contribution >= 0.6 is 28.3 Å². The van der Waals surface area contributed by atoms with E-state index >= 15 is 0 Å². The molecule has 0 aliphatic carbocycles. The SMILES string of the molecule is CN(CCC(=O)N1CCNCC1)CCc1ccc(Br)cc1.Cl. The third-order valence-corrected chi connectivity index (χ3v) is 4.40. The smallest absolute Gasteiger partial charge is 0.223 e. The van der Waals surface area contributed by atoms with E-state index in [1.54, 1.807) is 0 Å². The van der Waals surface area contributed by atoms with Gasteiger partial charge in [-0.15, -0.1) is 12.4 Å². The second kappa shape index (κ2) is 10.2. The van der Waals surface area contributed by atoms with Gasteiger partial charge in [0.05, 0.1) is 0 Å². The molecular weight excluding hydrogens is 366 g/mol. The first-order valence-electron chi connectivity index (χ1n) is 7.56. The fourth-order valence-electron chi connectivity index (χ4n) is 2.44. The van der Waals surface area contributed by atoms with Crippen molar-refractivity contribution in [1.82, 2.24) is 15.1 Å². The van der Waals surface area contributed by atoms with Crippen LogP contribution in [0.2, 0.25) is 0 Å². The molecule has 22 heavy (non-hydrogen) atoms. The van der Waals surface area contributed by atoms with Crippen molar-refractivity contribution in [3.05, 3.63) is 34.3 Å². The van der Waals surface area contributed by atoms with Crippen LogP contribution in [0, 0.1) is 0 Å². The summed E-state index contributed by atoms with van der Waals surface area (Å²) in [5, 5.41) is 3.27. The summed E-state index contributed by atoms with van der Waals surface area (Å²) in [5.41, 5.74) is 1.33. The van der Waals surface area contributed by atoms with Crippen molar-refractivity contribution in [2.45, 2.75) is 12.8 Å². The molecule has 1 aromatic carbocycles. The summed E-state index contributed by atoms with van der Waals surface area (Å²) < 4.78 is 1.11. The maximum atomic E-state index is 12.1. The predicted octanol–water partition coefficient (Wildman–Crippen LogP) is 2.17. The quantitative estimate of drug-likeness (QED) is 0.808. The first kappa shape index (κ1) is 19.4. The number of amides is 1. The van der Waals surface area contributed by atoms with E-state index in [9.17, 15) is 4.79 Å². The lowest BCUT2D eigenvalue weighted by Gasteiger charge is -2.28. The van der Waals surface area contributed by atoms with Crippen LogP contribution in [0.1, 0.15) is 12.0 Å². The highest BCUT2D eigenvalue weighted by Gasteiger charge is 2.16. The molecule has 1 fully saturated rings. The van der Waals surface area contributed by atoms with E-state index in [1.807, 2.05) is 4.90 Å². The topological polar surface area (TPSA) is 35.6 Å². The van der Waals surface area contributed by atoms with Crippen molar-refractivity contribution in [3.63, 3.8) is 0 Å². The van der Waals surface area contributed by atoms with E-state index in [0.29, 0.717) is 6.42 Å². The van der Waals surface area contributed by atoms with Crippen molar-refractivity contribution < 1.29 is 4.79 Å². The molecule has 6 heteroatoms. The molecule has 0 radical (unpaired) electrons. The maximum Gasteiger partial charge on any atom is 0.223 e. The van der Waals surface area contributed by atoms with E-state index in [4.69, 9.17) is 0 Å². The van der Waals surface area contributed by atoms with Gasteiger partial charge in [-0.3, -0.25) is 4.79 Å². The predicted molar refractivity (Wildman–Crippen MR) is 96.7 cm³/mol. The summed E-state index contributed by atoms with van der Waals surface area (Å²) in [5.74, 6) is 0.284. The van der Waals surface area contributed by atoms with Gasteiger partial charge in [-0.05, 0) is 31.2 Å². The first-order chi connectivity index (χ1) is 10.1. The Morgan fingerprint density at radius 1 is 1.23 bits per heavy atom. The number of rotatable bonds is 6. The van der Waals surface area contributed by atoms with E-state index in [0.717, 1.165) is 50.2 Å². The van der Waals surface area contributed by atoms with Crippen LogP contribution < -0.4 is 5.32 Å². The van der Waals surface area contributed by atoms with Gasteiger partial charge in [0, 0.05) is 50.2 Å². The molecule has 0 saturated carbocycles. The lowest BCUT2D eigenvalue weighted by Crippen LogP contribution is -2.47. The Balaban J connectivity index is 0.00000242. The molecule has 4 nitrogen and oxygen atoms in total. The Morgan fingerprint density at radius 3 is 2.50 bits per heavy atom. The molecule has 1 N–H and O–H groups in total. The van der Waals surface area contributed by atoms with Gasteiger partial charge >= 0.3 is 0 Å². The Morgan fingerprint density at radius 2 is 1.86 bits per heavy atom. The lowest BCUT2D eigenvalue weighted by molar-refractivity contribution is -0.132. The zero-order valence-corrected chi connectivity index (χ0v) is 15.5. The molecule has 124 valence electrons. The zero-order valence-electron chi connectivity index (χ0n) is 13.1. The second-order valence-corrected chi connectivity index (χ2v) is 6.48. The van der Waals surface area contributed by atoms with Crippen molar-refractivity contribution >= 4 is 34.2 Å². The number of piperazine rings is 1. The molecule has 1 amide bonds. The van der Waals surface area contributed by atoms with Crippen LogP contribution in [0.4, 0.5) is 0 Å². The number of halogens is 2. The van der Waals surface area contributed by atoms with Crippen molar-refractivity contribution in [1.29, 1.82) is 0 Å². The minimum atomic E-state index is 0. The third-order valence-electron chi connectivity index (χ3n) is 3.87. The van der Waals surface area contributed by atoms with Crippen LogP contribution in [0.25, 0.3) is 0 Å². The normalized spacial score (nSPS) is 14.8. The van der Waals surface area contributed by atoms with Crippen LogP contribution in [-0.4, -0.2) is 62.0 Å². The molecule has 1 aliphatic rings. The van der Waals surface area contributed by atoms with E-state index in [-0.39, 0.29) is 18.3 Å². The Bertz CT molecular complexity index is 449. The first-order valence-corrected chi connectivity index (χ1v) is 8.36. The number of hydrogen-bond acceptors (Lipinski definition) is 3. The largest absolute Gasteiger partial charge is 0.340 e. The summed E-state index contributed by atoms with van der Waals surface area (Å²) in [7, 11) is 2.09. The molecule has 0 aromatic heterocycles. The molecule has 0 atom stereocenters. The standard InChI is InChI=1S/C16H24BrN3O.ClH/c1-19(10-6-14-2-4-15(17)5-3-14)11-7-16(21)20-12-8-18-9-13-20;/h2-5,18H,6-13H2,1H3;1H. The highest BCUT2D eigenvalue weighted by Crippen LogP contribution is 2.11. The second-order valence-electron chi connectivity index (χ2n) is 5.56. The number of carbonyl (C=O) groups is 1. The molecule has 1 heterocycles. The Hall–Kier alpha value is -0.620. The van der Waals surface area contributed by atoms with Crippen molar-refractivity contribution in [2.75, 3.05) is 46.3 Å². The fraction of sp³-hybridized carbons (Fsp3) is 0.562. The highest BCUT2D eigenvalue weighted by molar-refractivity contribution is 9.10. The minimum absolute atomic E-state index is 0. The Kier molecular flexibility index (Phi) is 9.02. The van der Waals surface area contributed by atoms with Crippen LogP contribution in [-0.2, 0) is 11.2 Å². The number of carbonyl (C=O) groups excluding carboxylic acids is 1. The monoisotopic (exact) mass is 389 g/mol. The van der Waals surface area contributed by atoms with Crippen LogP contribution in [0.5, 0.6) is 0 Å². The molecule has 1 saturated heterocycles. The molecular formula is C16H25BrClN3O. The van der Waals surface area contributed by atoms with E-state index in [1.165, 1.54) is 5.56 Å². The molecule has 0 bridgehead atoms. The van der Waals surface area contributed by atoms with Gasteiger partial charge in [0.1, 0.15) is 0 Å². The van der Waals surface area contributed by atoms with Crippen molar-refractivity contribution in [2.24, 2.45) is 0 Å². The number of nitrogens with one attached hydrogen (secondary N) is 1. The van der Waals surface area contributed by atoms with Gasteiger partial charge in [-0.25, -0.2) is 0 Å². The molecule has 0 spiro atoms. The summed E-state index contributed by atoms with van der Waals surface area (Å²) in [6, 6.07) is 8.43.